The smallest absolute Gasteiger partial charge is 0.326 e. The van der Waals surface area contributed by atoms with Crippen molar-refractivity contribution in [2.75, 3.05) is 51.2 Å². The van der Waals surface area contributed by atoms with Crippen LogP contribution >= 0.6 is 0 Å². The molecule has 0 saturated carbocycles. The Balaban J connectivity index is 1.69. The van der Waals surface area contributed by atoms with Crippen molar-refractivity contribution in [1.29, 1.82) is 0 Å². The first-order valence-corrected chi connectivity index (χ1v) is 11.0. The van der Waals surface area contributed by atoms with E-state index in [1.54, 1.807) is 56.6 Å². The van der Waals surface area contributed by atoms with Crippen LogP contribution in [0, 0.1) is 0 Å². The third-order valence-corrected chi connectivity index (χ3v) is 5.66. The Morgan fingerprint density at radius 2 is 1.94 bits per heavy atom. The van der Waals surface area contributed by atoms with Gasteiger partial charge >= 0.3 is 6.03 Å². The van der Waals surface area contributed by atoms with Crippen molar-refractivity contribution in [3.63, 3.8) is 0 Å². The van der Waals surface area contributed by atoms with Crippen molar-refractivity contribution in [3.8, 4) is 11.5 Å². The quantitative estimate of drug-likeness (QED) is 0.565. The van der Waals surface area contributed by atoms with Crippen LogP contribution in [0.25, 0.3) is 0 Å². The molecule has 178 valence electrons. The second kappa shape index (κ2) is 11.5. The van der Waals surface area contributed by atoms with Gasteiger partial charge in [0, 0.05) is 37.1 Å². The molecule has 9 nitrogen and oxygen atoms in total. The van der Waals surface area contributed by atoms with Crippen molar-refractivity contribution >= 4 is 23.3 Å². The van der Waals surface area contributed by atoms with Gasteiger partial charge in [0.15, 0.2) is 0 Å². The van der Waals surface area contributed by atoms with Gasteiger partial charge in [-0.15, -0.1) is 0 Å². The Labute approximate surface area is 194 Å². The third kappa shape index (κ3) is 6.15. The number of anilines is 2. The van der Waals surface area contributed by atoms with Crippen LogP contribution in [-0.4, -0.2) is 65.0 Å². The number of hydrogen-bond donors (Lipinski definition) is 3. The maximum absolute atomic E-state index is 13.0. The van der Waals surface area contributed by atoms with E-state index in [2.05, 4.69) is 16.0 Å². The molecule has 2 unspecified atom stereocenters. The average Bonchev–Trinajstić information content (AvgIpc) is 2.87. The summed E-state index contributed by atoms with van der Waals surface area (Å²) in [6, 6.07) is 11.8. The molecule has 2 aromatic carbocycles. The number of hydrogen-bond acceptors (Lipinski definition) is 6. The van der Waals surface area contributed by atoms with Gasteiger partial charge in [0.1, 0.15) is 11.5 Å². The predicted molar refractivity (Wildman–Crippen MR) is 128 cm³/mol. The van der Waals surface area contributed by atoms with Crippen molar-refractivity contribution in [1.82, 2.24) is 10.6 Å². The van der Waals surface area contributed by atoms with Crippen molar-refractivity contribution < 1.29 is 23.8 Å². The second-order valence-electron chi connectivity index (χ2n) is 7.73. The summed E-state index contributed by atoms with van der Waals surface area (Å²) >= 11 is 0. The molecule has 1 fully saturated rings. The van der Waals surface area contributed by atoms with Gasteiger partial charge in [-0.2, -0.15) is 0 Å². The zero-order valence-electron chi connectivity index (χ0n) is 19.5. The van der Waals surface area contributed by atoms with E-state index in [4.69, 9.17) is 14.2 Å². The van der Waals surface area contributed by atoms with Crippen LogP contribution in [0.2, 0.25) is 0 Å². The molecular weight excluding hydrogens is 424 g/mol. The van der Waals surface area contributed by atoms with Crippen LogP contribution in [0.1, 0.15) is 23.7 Å². The standard InChI is InChI=1S/C24H32N4O5/c1-5-20(21-15-33-13-12-25-21)27-23(29)19-11-8-17(14-22(19)32-4)28(2)24(30)26-16-6-9-18(31-3)10-7-16/h6-11,14,20-21,25H,5,12-13,15H2,1-4H3,(H,26,30)(H,27,29). The molecular formula is C24H32N4O5. The number of benzene rings is 2. The largest absolute Gasteiger partial charge is 0.497 e. The SMILES string of the molecule is CCC(NC(=O)c1ccc(N(C)C(=O)Nc2ccc(OC)cc2)cc1OC)C1COCCN1. The van der Waals surface area contributed by atoms with Crippen molar-refractivity contribution in [2.24, 2.45) is 0 Å². The van der Waals surface area contributed by atoms with Crippen LogP contribution in [0.4, 0.5) is 16.2 Å². The molecule has 1 heterocycles. The first-order chi connectivity index (χ1) is 16.0. The van der Waals surface area contributed by atoms with Gasteiger partial charge < -0.3 is 30.2 Å². The minimum Gasteiger partial charge on any atom is -0.497 e. The van der Waals surface area contributed by atoms with Crippen LogP contribution < -0.4 is 30.3 Å². The fraction of sp³-hybridized carbons (Fsp3) is 0.417. The molecule has 2 atom stereocenters. The number of amides is 3. The molecule has 0 bridgehead atoms. The van der Waals surface area contributed by atoms with E-state index in [9.17, 15) is 9.59 Å². The second-order valence-corrected chi connectivity index (χ2v) is 7.73. The highest BCUT2D eigenvalue weighted by molar-refractivity contribution is 6.02. The lowest BCUT2D eigenvalue weighted by Crippen LogP contribution is -2.55. The van der Waals surface area contributed by atoms with E-state index in [-0.39, 0.29) is 24.0 Å². The maximum Gasteiger partial charge on any atom is 0.326 e. The molecule has 1 aliphatic heterocycles. The van der Waals surface area contributed by atoms with E-state index in [1.165, 1.54) is 12.0 Å². The number of nitrogens with one attached hydrogen (secondary N) is 3. The molecule has 3 rings (SSSR count). The Bertz CT molecular complexity index is 944. The summed E-state index contributed by atoms with van der Waals surface area (Å²) in [4.78, 5) is 27.1. The van der Waals surface area contributed by atoms with E-state index < -0.39 is 0 Å². The molecule has 2 aromatic rings. The van der Waals surface area contributed by atoms with E-state index in [1.807, 2.05) is 6.92 Å². The number of methoxy groups -OCH3 is 2. The number of urea groups is 1. The molecule has 1 saturated heterocycles. The number of morpholine rings is 1. The minimum atomic E-state index is -0.325. The van der Waals surface area contributed by atoms with Crippen LogP contribution in [-0.2, 0) is 4.74 Å². The number of carbonyl (C=O) groups is 2. The lowest BCUT2D eigenvalue weighted by Gasteiger charge is -2.31. The zero-order valence-corrected chi connectivity index (χ0v) is 19.5. The highest BCUT2D eigenvalue weighted by Gasteiger charge is 2.26. The molecule has 9 heteroatoms. The van der Waals surface area contributed by atoms with Crippen LogP contribution in [0.5, 0.6) is 11.5 Å². The monoisotopic (exact) mass is 456 g/mol. The van der Waals surface area contributed by atoms with Gasteiger partial charge in [0.25, 0.3) is 5.91 Å². The number of carbonyl (C=O) groups excluding carboxylic acids is 2. The summed E-state index contributed by atoms with van der Waals surface area (Å²) in [5.41, 5.74) is 1.63. The topological polar surface area (TPSA) is 101 Å². The number of rotatable bonds is 8. The van der Waals surface area contributed by atoms with Gasteiger partial charge in [-0.1, -0.05) is 6.92 Å². The molecule has 33 heavy (non-hydrogen) atoms. The number of nitrogens with zero attached hydrogens (tertiary/aromatic N) is 1. The predicted octanol–water partition coefficient (Wildman–Crippen LogP) is 2.87. The van der Waals surface area contributed by atoms with E-state index >= 15 is 0 Å². The zero-order chi connectivity index (χ0) is 23.8. The average molecular weight is 457 g/mol. The summed E-state index contributed by atoms with van der Waals surface area (Å²) in [7, 11) is 4.73. The van der Waals surface area contributed by atoms with Gasteiger partial charge in [-0.05, 0) is 42.8 Å². The summed E-state index contributed by atoms with van der Waals surface area (Å²) in [5.74, 6) is 0.858. The Hall–Kier alpha value is -3.30. The maximum atomic E-state index is 13.0. The van der Waals surface area contributed by atoms with Crippen molar-refractivity contribution in [3.05, 3.63) is 48.0 Å². The molecule has 1 aliphatic rings. The van der Waals surface area contributed by atoms with Crippen molar-refractivity contribution in [2.45, 2.75) is 25.4 Å². The highest BCUT2D eigenvalue weighted by atomic mass is 16.5. The summed E-state index contributed by atoms with van der Waals surface area (Å²) in [6.45, 7) is 4.02. The van der Waals surface area contributed by atoms with Gasteiger partial charge in [-0.25, -0.2) is 4.79 Å². The third-order valence-electron chi connectivity index (χ3n) is 5.66. The normalized spacial score (nSPS) is 16.4. The summed E-state index contributed by atoms with van der Waals surface area (Å²) < 4.78 is 16.1. The Kier molecular flexibility index (Phi) is 8.51. The van der Waals surface area contributed by atoms with Crippen LogP contribution in [0.15, 0.2) is 42.5 Å². The molecule has 0 aliphatic carbocycles. The lowest BCUT2D eigenvalue weighted by molar-refractivity contribution is 0.0599. The Morgan fingerprint density at radius 1 is 1.18 bits per heavy atom. The first-order valence-electron chi connectivity index (χ1n) is 11.0. The van der Waals surface area contributed by atoms with Crippen LogP contribution in [0.3, 0.4) is 0 Å². The lowest BCUT2D eigenvalue weighted by atomic mass is 10.0. The molecule has 0 radical (unpaired) electrons. The molecule has 3 amide bonds. The van der Waals surface area contributed by atoms with E-state index in [0.717, 1.165) is 13.0 Å². The fourth-order valence-corrected chi connectivity index (χ4v) is 3.65. The highest BCUT2D eigenvalue weighted by Crippen LogP contribution is 2.26. The molecule has 0 aromatic heterocycles. The molecule has 0 spiro atoms. The number of ether oxygens (including phenoxy) is 3. The van der Waals surface area contributed by atoms with Gasteiger partial charge in [0.05, 0.1) is 39.0 Å². The van der Waals surface area contributed by atoms with Gasteiger partial charge in [-0.3, -0.25) is 9.69 Å². The Morgan fingerprint density at radius 3 is 2.55 bits per heavy atom. The fourth-order valence-electron chi connectivity index (χ4n) is 3.65. The minimum absolute atomic E-state index is 0.0609. The molecule has 3 N–H and O–H groups in total. The summed E-state index contributed by atoms with van der Waals surface area (Å²) in [6.07, 6.45) is 0.765. The van der Waals surface area contributed by atoms with E-state index in [0.29, 0.717) is 41.7 Å². The van der Waals surface area contributed by atoms with Gasteiger partial charge in [0.2, 0.25) is 0 Å². The summed E-state index contributed by atoms with van der Waals surface area (Å²) in [5, 5.41) is 9.29. The first kappa shape index (κ1) is 24.3.